The number of benzene rings is 2. The van der Waals surface area contributed by atoms with Gasteiger partial charge in [-0.15, -0.1) is 0 Å². The molecule has 3 nitrogen and oxygen atoms in total. The van der Waals surface area contributed by atoms with Crippen molar-refractivity contribution in [2.75, 3.05) is 6.54 Å². The highest BCUT2D eigenvalue weighted by Crippen LogP contribution is 2.55. The minimum Gasteiger partial charge on any atom is -0.350 e. The Morgan fingerprint density at radius 1 is 1.00 bits per heavy atom. The molecular weight excluding hydrogens is 332 g/mol. The first-order chi connectivity index (χ1) is 13.1. The van der Waals surface area contributed by atoms with Crippen LogP contribution in [0.15, 0.2) is 42.5 Å². The molecule has 2 aromatic rings. The Balaban J connectivity index is 1.23. The van der Waals surface area contributed by atoms with Crippen molar-refractivity contribution in [1.82, 2.24) is 10.6 Å². The van der Waals surface area contributed by atoms with E-state index in [9.17, 15) is 4.79 Å². The highest BCUT2D eigenvalue weighted by molar-refractivity contribution is 5.86. The Kier molecular flexibility index (Phi) is 4.23. The molecule has 4 aliphatic rings. The number of fused-ring (bicyclic) bond motifs is 1. The Hall–Kier alpha value is -1.87. The summed E-state index contributed by atoms with van der Waals surface area (Å²) in [7, 11) is 0. The van der Waals surface area contributed by atoms with Crippen molar-refractivity contribution in [1.29, 1.82) is 0 Å². The van der Waals surface area contributed by atoms with E-state index < -0.39 is 0 Å². The average molecular weight is 363 g/mol. The number of carbonyl (C=O) groups excluding carboxylic acids is 1. The molecule has 4 fully saturated rings. The van der Waals surface area contributed by atoms with E-state index in [0.29, 0.717) is 6.54 Å². The summed E-state index contributed by atoms with van der Waals surface area (Å²) in [5, 5.41) is 9.45. The van der Waals surface area contributed by atoms with Crippen LogP contribution in [0.3, 0.4) is 0 Å². The van der Waals surface area contributed by atoms with Crippen molar-refractivity contribution >= 4 is 16.7 Å². The molecule has 2 N–H and O–H groups in total. The van der Waals surface area contributed by atoms with Gasteiger partial charge in [0.2, 0.25) is 5.91 Å². The maximum absolute atomic E-state index is 12.8. The first-order valence-corrected chi connectivity index (χ1v) is 10.6. The molecule has 1 amide bonds. The fourth-order valence-corrected chi connectivity index (χ4v) is 6.59. The second kappa shape index (κ2) is 6.63. The molecule has 27 heavy (non-hydrogen) atoms. The van der Waals surface area contributed by atoms with Gasteiger partial charge in [0, 0.05) is 11.6 Å². The molecule has 0 radical (unpaired) electrons. The van der Waals surface area contributed by atoms with Crippen LogP contribution in [0.4, 0.5) is 0 Å². The maximum Gasteiger partial charge on any atom is 0.234 e. The number of hydrogen-bond donors (Lipinski definition) is 2. The zero-order chi connectivity index (χ0) is 18.4. The van der Waals surface area contributed by atoms with Gasteiger partial charge in [-0.05, 0) is 79.5 Å². The molecular formula is C24H30N2O. The van der Waals surface area contributed by atoms with Crippen molar-refractivity contribution in [3.63, 3.8) is 0 Å². The van der Waals surface area contributed by atoms with E-state index in [-0.39, 0.29) is 17.5 Å². The van der Waals surface area contributed by atoms with Gasteiger partial charge in [0.25, 0.3) is 0 Å². The monoisotopic (exact) mass is 362 g/mol. The second-order valence-electron chi connectivity index (χ2n) is 9.42. The zero-order valence-corrected chi connectivity index (χ0v) is 16.2. The van der Waals surface area contributed by atoms with E-state index in [0.717, 1.165) is 17.8 Å². The number of carbonyl (C=O) groups is 1. The predicted octanol–water partition coefficient (Wildman–Crippen LogP) is 4.58. The molecule has 4 saturated carbocycles. The van der Waals surface area contributed by atoms with Gasteiger partial charge < -0.3 is 10.6 Å². The topological polar surface area (TPSA) is 41.1 Å². The highest BCUT2D eigenvalue weighted by atomic mass is 16.2. The third kappa shape index (κ3) is 3.27. The van der Waals surface area contributed by atoms with Crippen LogP contribution in [0.25, 0.3) is 10.8 Å². The van der Waals surface area contributed by atoms with Crippen molar-refractivity contribution < 1.29 is 4.79 Å². The minimum atomic E-state index is 0.107. The molecule has 0 heterocycles. The van der Waals surface area contributed by atoms with Gasteiger partial charge >= 0.3 is 0 Å². The molecule has 6 rings (SSSR count). The van der Waals surface area contributed by atoms with Crippen LogP contribution in [0, 0.1) is 17.8 Å². The number of rotatable bonds is 5. The van der Waals surface area contributed by atoms with Gasteiger partial charge in [-0.25, -0.2) is 0 Å². The number of amides is 1. The second-order valence-corrected chi connectivity index (χ2v) is 9.42. The van der Waals surface area contributed by atoms with E-state index in [1.165, 1.54) is 54.9 Å². The standard InChI is InChI=1S/C24H30N2O/c1-16(21-8-4-6-20-5-2-3-7-22(20)21)25-15-23(27)26-24-12-17-9-18(13-24)11-19(10-17)14-24/h2-8,16-19,25H,9-15H2,1H3,(H,26,27)/t16-,17?,18?,19?,24?/m0/s1. The summed E-state index contributed by atoms with van der Waals surface area (Å²) < 4.78 is 0. The van der Waals surface area contributed by atoms with E-state index in [1.54, 1.807) is 0 Å². The van der Waals surface area contributed by atoms with Gasteiger partial charge in [-0.3, -0.25) is 4.79 Å². The number of hydrogen-bond acceptors (Lipinski definition) is 2. The summed E-state index contributed by atoms with van der Waals surface area (Å²) in [4.78, 5) is 12.8. The van der Waals surface area contributed by atoms with Crippen molar-refractivity contribution in [2.45, 2.75) is 57.0 Å². The fourth-order valence-electron chi connectivity index (χ4n) is 6.59. The van der Waals surface area contributed by atoms with E-state index in [1.807, 2.05) is 0 Å². The molecule has 0 aromatic heterocycles. The average Bonchev–Trinajstić information content (AvgIpc) is 2.64. The van der Waals surface area contributed by atoms with Gasteiger partial charge in [0.15, 0.2) is 0 Å². The van der Waals surface area contributed by atoms with Crippen LogP contribution in [-0.4, -0.2) is 18.0 Å². The lowest BCUT2D eigenvalue weighted by Crippen LogP contribution is -2.60. The predicted molar refractivity (Wildman–Crippen MR) is 109 cm³/mol. The Labute approximate surface area is 161 Å². The smallest absolute Gasteiger partial charge is 0.234 e. The van der Waals surface area contributed by atoms with Crippen molar-refractivity contribution in [2.24, 2.45) is 17.8 Å². The summed E-state index contributed by atoms with van der Waals surface area (Å²) in [6.45, 7) is 2.55. The van der Waals surface area contributed by atoms with Crippen LogP contribution in [0.1, 0.15) is 57.1 Å². The van der Waals surface area contributed by atoms with Crippen LogP contribution < -0.4 is 10.6 Å². The third-order valence-corrected chi connectivity index (χ3v) is 7.30. The molecule has 1 atom stereocenters. The molecule has 0 aliphatic heterocycles. The largest absolute Gasteiger partial charge is 0.350 e. The van der Waals surface area contributed by atoms with E-state index in [2.05, 4.69) is 60.0 Å². The summed E-state index contributed by atoms with van der Waals surface area (Å²) in [6.07, 6.45) is 7.86. The van der Waals surface area contributed by atoms with Gasteiger partial charge in [-0.1, -0.05) is 42.5 Å². The summed E-state index contributed by atoms with van der Waals surface area (Å²) in [5.41, 5.74) is 1.37. The van der Waals surface area contributed by atoms with Crippen LogP contribution >= 0.6 is 0 Å². The Morgan fingerprint density at radius 3 is 2.33 bits per heavy atom. The first-order valence-electron chi connectivity index (χ1n) is 10.6. The summed E-state index contributed by atoms with van der Waals surface area (Å²) in [6, 6.07) is 15.0. The lowest BCUT2D eigenvalue weighted by atomic mass is 9.53. The first kappa shape index (κ1) is 17.2. The van der Waals surface area contributed by atoms with Gasteiger partial charge in [-0.2, -0.15) is 0 Å². The third-order valence-electron chi connectivity index (χ3n) is 7.30. The normalized spacial score (nSPS) is 32.6. The minimum absolute atomic E-state index is 0.107. The molecule has 0 spiro atoms. The molecule has 4 aliphatic carbocycles. The molecule has 142 valence electrons. The zero-order valence-electron chi connectivity index (χ0n) is 16.2. The van der Waals surface area contributed by atoms with Crippen molar-refractivity contribution in [3.05, 3.63) is 48.0 Å². The SMILES string of the molecule is C[C@H](NCC(=O)NC12CC3CC(CC(C3)C1)C2)c1cccc2ccccc12. The molecule has 4 bridgehead atoms. The maximum atomic E-state index is 12.8. The molecule has 3 heteroatoms. The quantitative estimate of drug-likeness (QED) is 0.818. The van der Waals surface area contributed by atoms with Crippen molar-refractivity contribution in [3.8, 4) is 0 Å². The highest BCUT2D eigenvalue weighted by Gasteiger charge is 2.51. The van der Waals surface area contributed by atoms with Crippen LogP contribution in [0.2, 0.25) is 0 Å². The number of nitrogens with one attached hydrogen (secondary N) is 2. The molecule has 2 aromatic carbocycles. The Bertz CT molecular complexity index is 818. The lowest BCUT2D eigenvalue weighted by molar-refractivity contribution is -0.126. The molecule has 0 unspecified atom stereocenters. The summed E-state index contributed by atoms with van der Waals surface area (Å²) >= 11 is 0. The van der Waals surface area contributed by atoms with Crippen LogP contribution in [-0.2, 0) is 4.79 Å². The lowest BCUT2D eigenvalue weighted by Gasteiger charge is -2.56. The van der Waals surface area contributed by atoms with E-state index >= 15 is 0 Å². The van der Waals surface area contributed by atoms with Gasteiger partial charge in [0.05, 0.1) is 6.54 Å². The van der Waals surface area contributed by atoms with Gasteiger partial charge in [0.1, 0.15) is 0 Å². The molecule has 0 saturated heterocycles. The fraction of sp³-hybridized carbons (Fsp3) is 0.542. The van der Waals surface area contributed by atoms with Crippen LogP contribution in [0.5, 0.6) is 0 Å². The summed E-state index contributed by atoms with van der Waals surface area (Å²) in [5.74, 6) is 2.75. The van der Waals surface area contributed by atoms with E-state index in [4.69, 9.17) is 0 Å². The Morgan fingerprint density at radius 2 is 1.63 bits per heavy atom.